The molecule has 0 amide bonds. The third-order valence-corrected chi connectivity index (χ3v) is 7.10. The largest absolute Gasteiger partial charge is 0.292 e. The molecule has 31 heavy (non-hydrogen) atoms. The highest BCUT2D eigenvalue weighted by Gasteiger charge is 2.20. The van der Waals surface area contributed by atoms with Crippen LogP contribution in [-0.4, -0.2) is 15.3 Å². The lowest BCUT2D eigenvalue weighted by molar-refractivity contribution is 0.0969. The first kappa shape index (κ1) is 21.2. The molecular weight excluding hydrogens is 404 g/mol. The number of rotatable bonds is 4. The van der Waals surface area contributed by atoms with Gasteiger partial charge in [0.2, 0.25) is 0 Å². The Labute approximate surface area is 186 Å². The monoisotopic (exact) mass is 430 g/mol. The van der Waals surface area contributed by atoms with Crippen LogP contribution in [0.3, 0.4) is 0 Å². The molecule has 0 aliphatic carbocycles. The van der Waals surface area contributed by atoms with E-state index < -0.39 is 0 Å². The number of aromatic nitrogens is 2. The molecule has 2 heterocycles. The molecule has 0 unspecified atom stereocenters. The number of carbonyl (C=O) groups excluding carboxylic acids is 1. The fourth-order valence-electron chi connectivity index (χ4n) is 3.88. The maximum atomic E-state index is 13.6. The molecule has 0 saturated heterocycles. The summed E-state index contributed by atoms with van der Waals surface area (Å²) in [5.74, 6) is 0.469. The first-order valence-corrected chi connectivity index (χ1v) is 11.2. The van der Waals surface area contributed by atoms with Crippen LogP contribution in [0.15, 0.2) is 41.2 Å². The Balaban J connectivity index is 1.85. The molecule has 4 aromatic rings. The average Bonchev–Trinajstić information content (AvgIpc) is 3.05. The van der Waals surface area contributed by atoms with Crippen molar-refractivity contribution in [2.45, 2.75) is 48.1 Å². The van der Waals surface area contributed by atoms with Crippen LogP contribution in [0.25, 0.3) is 21.3 Å². The molecule has 0 bridgehead atoms. The van der Waals surface area contributed by atoms with Crippen LogP contribution in [0.1, 0.15) is 43.3 Å². The predicted octanol–water partition coefficient (Wildman–Crippen LogP) is 5.86. The van der Waals surface area contributed by atoms with Crippen LogP contribution in [-0.2, 0) is 6.54 Å². The van der Waals surface area contributed by atoms with Crippen molar-refractivity contribution in [2.75, 3.05) is 0 Å². The molecule has 0 fully saturated rings. The SMILES string of the molecule is Cc1ccc(C(=O)Cn2c(C)nc3sc(C)c(-c4ccc(C)c(C)c4)c3c2=O)cc1C. The van der Waals surface area contributed by atoms with Gasteiger partial charge in [-0.1, -0.05) is 30.3 Å². The number of Topliss-reactive ketones (excluding diaryl/α,β-unsaturated/α-hetero) is 1. The zero-order valence-electron chi connectivity index (χ0n) is 18.8. The summed E-state index contributed by atoms with van der Waals surface area (Å²) in [6.45, 7) is 12.0. The second kappa shape index (κ2) is 7.89. The number of benzene rings is 2. The number of hydrogen-bond acceptors (Lipinski definition) is 4. The molecule has 0 saturated carbocycles. The summed E-state index contributed by atoms with van der Waals surface area (Å²) in [6, 6.07) is 11.9. The molecule has 0 radical (unpaired) electrons. The number of aryl methyl sites for hydroxylation is 6. The summed E-state index contributed by atoms with van der Waals surface area (Å²) in [7, 11) is 0. The van der Waals surface area contributed by atoms with Crippen molar-refractivity contribution in [2.24, 2.45) is 0 Å². The topological polar surface area (TPSA) is 52.0 Å². The van der Waals surface area contributed by atoms with Crippen LogP contribution >= 0.6 is 11.3 Å². The Hall–Kier alpha value is -3.05. The molecule has 2 aromatic carbocycles. The van der Waals surface area contributed by atoms with Crippen LogP contribution in [0.5, 0.6) is 0 Å². The third-order valence-electron chi connectivity index (χ3n) is 6.10. The quantitative estimate of drug-likeness (QED) is 0.381. The predicted molar refractivity (Wildman–Crippen MR) is 129 cm³/mol. The zero-order chi connectivity index (χ0) is 22.4. The van der Waals surface area contributed by atoms with Gasteiger partial charge in [-0.25, -0.2) is 4.98 Å². The van der Waals surface area contributed by atoms with Gasteiger partial charge in [-0.2, -0.15) is 0 Å². The first-order chi connectivity index (χ1) is 14.7. The highest BCUT2D eigenvalue weighted by Crippen LogP contribution is 2.36. The van der Waals surface area contributed by atoms with Crippen molar-refractivity contribution in [1.29, 1.82) is 0 Å². The molecule has 0 aliphatic rings. The van der Waals surface area contributed by atoms with E-state index in [9.17, 15) is 9.59 Å². The van der Waals surface area contributed by atoms with Crippen LogP contribution in [0.4, 0.5) is 0 Å². The molecule has 0 aliphatic heterocycles. The maximum absolute atomic E-state index is 13.6. The van der Waals surface area contributed by atoms with Gasteiger partial charge in [0.05, 0.1) is 11.9 Å². The molecule has 0 N–H and O–H groups in total. The number of ketones is 1. The zero-order valence-corrected chi connectivity index (χ0v) is 19.6. The molecule has 2 aromatic heterocycles. The lowest BCUT2D eigenvalue weighted by atomic mass is 9.99. The van der Waals surface area contributed by atoms with E-state index in [1.165, 1.54) is 27.0 Å². The van der Waals surface area contributed by atoms with Crippen molar-refractivity contribution in [3.8, 4) is 11.1 Å². The second-order valence-corrected chi connectivity index (χ2v) is 9.49. The molecule has 158 valence electrons. The number of nitrogens with zero attached hydrogens (tertiary/aromatic N) is 2. The van der Waals surface area contributed by atoms with Crippen LogP contribution < -0.4 is 5.56 Å². The molecule has 0 atom stereocenters. The third kappa shape index (κ3) is 3.74. The highest BCUT2D eigenvalue weighted by molar-refractivity contribution is 7.19. The summed E-state index contributed by atoms with van der Waals surface area (Å²) in [4.78, 5) is 33.0. The van der Waals surface area contributed by atoms with E-state index in [2.05, 4.69) is 32.0 Å². The normalized spacial score (nSPS) is 11.3. The Morgan fingerprint density at radius 3 is 2.19 bits per heavy atom. The van der Waals surface area contributed by atoms with Gasteiger partial charge in [-0.05, 0) is 75.4 Å². The van der Waals surface area contributed by atoms with E-state index in [-0.39, 0.29) is 17.9 Å². The summed E-state index contributed by atoms with van der Waals surface area (Å²) in [6.07, 6.45) is 0. The van der Waals surface area contributed by atoms with E-state index in [1.54, 1.807) is 6.92 Å². The number of carbonyl (C=O) groups is 1. The minimum Gasteiger partial charge on any atom is -0.292 e. The average molecular weight is 431 g/mol. The minimum absolute atomic E-state index is 0.0165. The first-order valence-electron chi connectivity index (χ1n) is 10.4. The molecule has 5 heteroatoms. The fourth-order valence-corrected chi connectivity index (χ4v) is 4.96. The Morgan fingerprint density at radius 1 is 0.903 bits per heavy atom. The number of thiophene rings is 1. The van der Waals surface area contributed by atoms with E-state index >= 15 is 0 Å². The number of fused-ring (bicyclic) bond motifs is 1. The van der Waals surface area contributed by atoms with Gasteiger partial charge in [0.25, 0.3) is 5.56 Å². The summed E-state index contributed by atoms with van der Waals surface area (Å²) in [5, 5.41) is 0.601. The molecular formula is C26H26N2O2S. The van der Waals surface area contributed by atoms with Crippen molar-refractivity contribution >= 4 is 27.3 Å². The lowest BCUT2D eigenvalue weighted by Gasteiger charge is -2.11. The Bertz CT molecular complexity index is 1410. The van der Waals surface area contributed by atoms with Crippen LogP contribution in [0.2, 0.25) is 0 Å². The summed E-state index contributed by atoms with van der Waals surface area (Å²) in [5.41, 5.74) is 7.00. The van der Waals surface area contributed by atoms with Gasteiger partial charge in [-0.15, -0.1) is 11.3 Å². The van der Waals surface area contributed by atoms with E-state index in [0.717, 1.165) is 32.0 Å². The lowest BCUT2D eigenvalue weighted by Crippen LogP contribution is -2.27. The van der Waals surface area contributed by atoms with Crippen molar-refractivity contribution in [3.05, 3.63) is 85.3 Å². The highest BCUT2D eigenvalue weighted by atomic mass is 32.1. The second-order valence-electron chi connectivity index (χ2n) is 8.28. The maximum Gasteiger partial charge on any atom is 0.263 e. The smallest absolute Gasteiger partial charge is 0.263 e. The van der Waals surface area contributed by atoms with E-state index in [4.69, 9.17) is 4.98 Å². The molecule has 0 spiro atoms. The molecule has 4 rings (SSSR count). The van der Waals surface area contributed by atoms with Gasteiger partial charge in [0.15, 0.2) is 5.78 Å². The molecule has 4 nitrogen and oxygen atoms in total. The van der Waals surface area contributed by atoms with E-state index in [0.29, 0.717) is 16.8 Å². The van der Waals surface area contributed by atoms with E-state index in [1.807, 2.05) is 39.0 Å². The van der Waals surface area contributed by atoms with Gasteiger partial charge in [0, 0.05) is 16.0 Å². The Morgan fingerprint density at radius 2 is 1.55 bits per heavy atom. The van der Waals surface area contributed by atoms with Crippen molar-refractivity contribution < 1.29 is 4.79 Å². The number of hydrogen-bond donors (Lipinski definition) is 0. The van der Waals surface area contributed by atoms with Gasteiger partial charge in [0.1, 0.15) is 10.7 Å². The minimum atomic E-state index is -0.155. The van der Waals surface area contributed by atoms with Gasteiger partial charge < -0.3 is 0 Å². The van der Waals surface area contributed by atoms with Crippen molar-refractivity contribution in [3.63, 3.8) is 0 Å². The van der Waals surface area contributed by atoms with Crippen molar-refractivity contribution in [1.82, 2.24) is 9.55 Å². The Kier molecular flexibility index (Phi) is 5.40. The van der Waals surface area contributed by atoms with Gasteiger partial charge >= 0.3 is 0 Å². The summed E-state index contributed by atoms with van der Waals surface area (Å²) < 4.78 is 1.51. The van der Waals surface area contributed by atoms with Gasteiger partial charge in [-0.3, -0.25) is 14.2 Å². The fraction of sp³-hybridized carbons (Fsp3) is 0.269. The summed E-state index contributed by atoms with van der Waals surface area (Å²) >= 11 is 1.53. The van der Waals surface area contributed by atoms with Crippen LogP contribution in [0, 0.1) is 41.5 Å². The standard InChI is InChI=1S/C26H26N2O2S/c1-14-7-9-20(11-16(14)3)22(29)13-28-19(6)27-25-24(26(28)30)23(18(5)31-25)21-10-8-15(2)17(4)12-21/h7-12H,13H2,1-6H3.